The first-order valence-corrected chi connectivity index (χ1v) is 5.54. The third kappa shape index (κ3) is 3.03. The summed E-state index contributed by atoms with van der Waals surface area (Å²) in [5.74, 6) is -1.67. The maximum atomic E-state index is 13.7. The number of pyridine rings is 1. The molecule has 0 radical (unpaired) electrons. The number of carboxylic acids is 1. The molecular formula is C11H12FN5O2. The van der Waals surface area contributed by atoms with Gasteiger partial charge in [0.1, 0.15) is 11.9 Å². The Morgan fingerprint density at radius 2 is 2.32 bits per heavy atom. The van der Waals surface area contributed by atoms with Crippen LogP contribution >= 0.6 is 0 Å². The molecule has 0 aliphatic rings. The summed E-state index contributed by atoms with van der Waals surface area (Å²) in [5.41, 5.74) is -0.409. The van der Waals surface area contributed by atoms with Gasteiger partial charge in [-0.25, -0.2) is 19.2 Å². The Balaban J connectivity index is 2.00. The third-order valence-electron chi connectivity index (χ3n) is 2.41. The van der Waals surface area contributed by atoms with E-state index in [9.17, 15) is 9.18 Å². The molecule has 2 heterocycles. The van der Waals surface area contributed by atoms with Gasteiger partial charge in [0.2, 0.25) is 0 Å². The highest BCUT2D eigenvalue weighted by atomic mass is 19.1. The molecule has 8 heteroatoms. The molecule has 0 aromatic carbocycles. The van der Waals surface area contributed by atoms with Gasteiger partial charge in [0.25, 0.3) is 0 Å². The van der Waals surface area contributed by atoms with Gasteiger partial charge in [0, 0.05) is 26.2 Å². The van der Waals surface area contributed by atoms with Crippen LogP contribution in [0.15, 0.2) is 18.6 Å². The molecule has 0 aliphatic heterocycles. The van der Waals surface area contributed by atoms with Crippen molar-refractivity contribution in [1.82, 2.24) is 19.7 Å². The molecule has 2 rings (SSSR count). The molecule has 0 saturated carbocycles. The van der Waals surface area contributed by atoms with Gasteiger partial charge in [-0.15, -0.1) is 0 Å². The number of aromatic carboxylic acids is 1. The zero-order chi connectivity index (χ0) is 13.8. The number of aryl methyl sites for hydroxylation is 1. The van der Waals surface area contributed by atoms with Gasteiger partial charge in [0.15, 0.2) is 17.5 Å². The Morgan fingerprint density at radius 3 is 2.95 bits per heavy atom. The van der Waals surface area contributed by atoms with Crippen LogP contribution in [0, 0.1) is 5.82 Å². The van der Waals surface area contributed by atoms with Crippen molar-refractivity contribution in [2.45, 2.75) is 6.42 Å². The van der Waals surface area contributed by atoms with E-state index in [1.54, 1.807) is 18.1 Å². The molecule has 0 amide bonds. The Labute approximate surface area is 108 Å². The molecule has 0 aliphatic carbocycles. The van der Waals surface area contributed by atoms with Gasteiger partial charge in [-0.1, -0.05) is 0 Å². The van der Waals surface area contributed by atoms with E-state index in [1.165, 1.54) is 6.20 Å². The average Bonchev–Trinajstić information content (AvgIpc) is 2.77. The van der Waals surface area contributed by atoms with Crippen molar-refractivity contribution < 1.29 is 14.3 Å². The molecule has 2 aromatic rings. The lowest BCUT2D eigenvalue weighted by Crippen LogP contribution is -2.11. The monoisotopic (exact) mass is 265 g/mol. The van der Waals surface area contributed by atoms with Crippen LogP contribution in [0.4, 0.5) is 10.2 Å². The zero-order valence-corrected chi connectivity index (χ0v) is 10.2. The van der Waals surface area contributed by atoms with Crippen LogP contribution in [0.3, 0.4) is 0 Å². The molecule has 100 valence electrons. The fraction of sp³-hybridized carbons (Fsp3) is 0.273. The standard InChI is InChI=1S/C11H12FN5O2/c1-17-6-15-8(16-17)3-5-14-10-9(12)7(11(18)19)2-4-13-10/h2,4,6H,3,5H2,1H3,(H,13,14)(H,18,19). The van der Waals surface area contributed by atoms with E-state index in [-0.39, 0.29) is 5.82 Å². The Bertz CT molecular complexity index is 599. The van der Waals surface area contributed by atoms with Gasteiger partial charge in [-0.3, -0.25) is 4.68 Å². The minimum Gasteiger partial charge on any atom is -0.478 e. The van der Waals surface area contributed by atoms with Crippen molar-refractivity contribution in [3.05, 3.63) is 35.8 Å². The number of nitrogens with one attached hydrogen (secondary N) is 1. The first-order chi connectivity index (χ1) is 9.08. The highest BCUT2D eigenvalue weighted by Crippen LogP contribution is 2.14. The number of hydrogen-bond acceptors (Lipinski definition) is 5. The predicted molar refractivity (Wildman–Crippen MR) is 64.4 cm³/mol. The molecule has 0 saturated heterocycles. The third-order valence-corrected chi connectivity index (χ3v) is 2.41. The summed E-state index contributed by atoms with van der Waals surface area (Å²) in [7, 11) is 1.75. The van der Waals surface area contributed by atoms with Crippen molar-refractivity contribution in [2.75, 3.05) is 11.9 Å². The van der Waals surface area contributed by atoms with Crippen molar-refractivity contribution in [3.63, 3.8) is 0 Å². The number of hydrogen-bond donors (Lipinski definition) is 2. The maximum absolute atomic E-state index is 13.7. The summed E-state index contributed by atoms with van der Waals surface area (Å²) in [6.45, 7) is 0.358. The predicted octanol–water partition coefficient (Wildman–Crippen LogP) is 0.702. The number of anilines is 1. The van der Waals surface area contributed by atoms with E-state index in [0.717, 1.165) is 6.07 Å². The SMILES string of the molecule is Cn1cnc(CCNc2nccc(C(=O)O)c2F)n1. The molecular weight excluding hydrogens is 253 g/mol. The number of carboxylic acid groups (broad SMARTS) is 1. The van der Waals surface area contributed by atoms with Crippen molar-refractivity contribution >= 4 is 11.8 Å². The van der Waals surface area contributed by atoms with Crippen LogP contribution in [-0.4, -0.2) is 37.4 Å². The highest BCUT2D eigenvalue weighted by molar-refractivity contribution is 5.88. The molecule has 19 heavy (non-hydrogen) atoms. The fourth-order valence-electron chi connectivity index (χ4n) is 1.52. The molecule has 7 nitrogen and oxygen atoms in total. The zero-order valence-electron chi connectivity index (χ0n) is 10.2. The van der Waals surface area contributed by atoms with Gasteiger partial charge < -0.3 is 10.4 Å². The van der Waals surface area contributed by atoms with Crippen LogP contribution in [0.25, 0.3) is 0 Å². The second-order valence-electron chi connectivity index (χ2n) is 3.84. The normalized spacial score (nSPS) is 10.4. The number of nitrogens with zero attached hydrogens (tertiary/aromatic N) is 4. The Morgan fingerprint density at radius 1 is 1.53 bits per heavy atom. The summed E-state index contributed by atoms with van der Waals surface area (Å²) < 4.78 is 15.3. The van der Waals surface area contributed by atoms with E-state index in [0.29, 0.717) is 18.8 Å². The summed E-state index contributed by atoms with van der Waals surface area (Å²) in [6.07, 6.45) is 3.30. The molecule has 0 fully saturated rings. The second kappa shape index (κ2) is 5.42. The van der Waals surface area contributed by atoms with Crippen molar-refractivity contribution in [3.8, 4) is 0 Å². The van der Waals surface area contributed by atoms with Gasteiger partial charge in [-0.2, -0.15) is 5.10 Å². The minimum atomic E-state index is -1.32. The molecule has 0 bridgehead atoms. The van der Waals surface area contributed by atoms with Crippen LogP contribution < -0.4 is 5.32 Å². The maximum Gasteiger partial charge on any atom is 0.338 e. The lowest BCUT2D eigenvalue weighted by Gasteiger charge is -2.06. The van der Waals surface area contributed by atoms with Gasteiger partial charge in [0.05, 0.1) is 0 Å². The quantitative estimate of drug-likeness (QED) is 0.826. The summed E-state index contributed by atoms with van der Waals surface area (Å²) >= 11 is 0. The smallest absolute Gasteiger partial charge is 0.338 e. The molecule has 2 N–H and O–H groups in total. The fourth-order valence-corrected chi connectivity index (χ4v) is 1.52. The van der Waals surface area contributed by atoms with E-state index in [2.05, 4.69) is 20.4 Å². The largest absolute Gasteiger partial charge is 0.478 e. The van der Waals surface area contributed by atoms with E-state index >= 15 is 0 Å². The summed E-state index contributed by atoms with van der Waals surface area (Å²) in [5, 5.41) is 15.6. The molecule has 0 unspecified atom stereocenters. The van der Waals surface area contributed by atoms with Crippen molar-refractivity contribution in [1.29, 1.82) is 0 Å². The summed E-state index contributed by atoms with van der Waals surface area (Å²) in [6, 6.07) is 1.11. The first-order valence-electron chi connectivity index (χ1n) is 5.54. The highest BCUT2D eigenvalue weighted by Gasteiger charge is 2.14. The number of carbonyl (C=O) groups is 1. The van der Waals surface area contributed by atoms with E-state index in [1.807, 2.05) is 0 Å². The van der Waals surface area contributed by atoms with Gasteiger partial charge in [-0.05, 0) is 6.07 Å². The van der Waals surface area contributed by atoms with Gasteiger partial charge >= 0.3 is 5.97 Å². The Hall–Kier alpha value is -2.51. The van der Waals surface area contributed by atoms with Crippen molar-refractivity contribution in [2.24, 2.45) is 7.05 Å². The lowest BCUT2D eigenvalue weighted by atomic mass is 10.2. The van der Waals surface area contributed by atoms with E-state index in [4.69, 9.17) is 5.11 Å². The number of aromatic nitrogens is 4. The first kappa shape index (κ1) is 12.9. The second-order valence-corrected chi connectivity index (χ2v) is 3.84. The topological polar surface area (TPSA) is 92.9 Å². The van der Waals surface area contributed by atoms with E-state index < -0.39 is 17.3 Å². The molecule has 2 aromatic heterocycles. The molecule has 0 spiro atoms. The summed E-state index contributed by atoms with van der Waals surface area (Å²) in [4.78, 5) is 18.5. The average molecular weight is 265 g/mol. The Kier molecular flexibility index (Phi) is 3.69. The number of rotatable bonds is 5. The van der Waals surface area contributed by atoms with Crippen LogP contribution in [0.2, 0.25) is 0 Å². The van der Waals surface area contributed by atoms with Crippen LogP contribution in [-0.2, 0) is 13.5 Å². The lowest BCUT2D eigenvalue weighted by molar-refractivity contribution is 0.0692. The number of halogens is 1. The van der Waals surface area contributed by atoms with Crippen LogP contribution in [0.1, 0.15) is 16.2 Å². The van der Waals surface area contributed by atoms with Crippen LogP contribution in [0.5, 0.6) is 0 Å². The molecule has 0 atom stereocenters. The minimum absolute atomic E-state index is 0.0872.